The molecule has 0 radical (unpaired) electrons. The number of nitrogens with zero attached hydrogens (tertiary/aromatic N) is 1. The molecule has 0 N–H and O–H groups in total. The van der Waals surface area contributed by atoms with Crippen molar-refractivity contribution in [3.05, 3.63) is 23.8 Å². The molecular formula is C15H25NO2. The van der Waals surface area contributed by atoms with E-state index < -0.39 is 0 Å². The zero-order valence-electron chi connectivity index (χ0n) is 12.6. The van der Waals surface area contributed by atoms with Crippen molar-refractivity contribution in [2.24, 2.45) is 10.4 Å². The molecule has 0 fully saturated rings. The Balaban J connectivity index is 3.04. The quantitative estimate of drug-likeness (QED) is 0.711. The number of allylic oxidation sites excluding steroid dienone is 2. The van der Waals surface area contributed by atoms with E-state index >= 15 is 0 Å². The van der Waals surface area contributed by atoms with Crippen LogP contribution in [0.1, 0.15) is 41.5 Å². The first-order valence-corrected chi connectivity index (χ1v) is 6.32. The Bertz CT molecular complexity index is 378. The number of aliphatic imine (C=N–C) groups is 1. The lowest BCUT2D eigenvalue weighted by atomic mass is 9.86. The minimum Gasteiger partial charge on any atom is -0.481 e. The van der Waals surface area contributed by atoms with E-state index in [0.29, 0.717) is 5.90 Å². The van der Waals surface area contributed by atoms with E-state index in [0.717, 1.165) is 0 Å². The number of rotatable bonds is 1. The molecule has 1 aliphatic heterocycles. The monoisotopic (exact) mass is 251 g/mol. The van der Waals surface area contributed by atoms with Crippen LogP contribution in [-0.2, 0) is 9.47 Å². The SMILES string of the molecule is COC1=NC(OC(C)(C)C)C=C(C(C)(C)C)C=C1. The van der Waals surface area contributed by atoms with Gasteiger partial charge in [0.15, 0.2) is 6.23 Å². The van der Waals surface area contributed by atoms with E-state index in [9.17, 15) is 0 Å². The second kappa shape index (κ2) is 5.27. The van der Waals surface area contributed by atoms with Crippen LogP contribution in [0.3, 0.4) is 0 Å². The fourth-order valence-electron chi connectivity index (χ4n) is 1.62. The first-order chi connectivity index (χ1) is 8.12. The Morgan fingerprint density at radius 2 is 1.67 bits per heavy atom. The normalized spacial score (nSPS) is 21.2. The Kier molecular flexibility index (Phi) is 4.38. The maximum Gasteiger partial charge on any atom is 0.211 e. The van der Waals surface area contributed by atoms with Crippen LogP contribution in [0.15, 0.2) is 28.8 Å². The van der Waals surface area contributed by atoms with Crippen LogP contribution in [0.25, 0.3) is 0 Å². The average molecular weight is 251 g/mol. The highest BCUT2D eigenvalue weighted by Gasteiger charge is 2.22. The highest BCUT2D eigenvalue weighted by Crippen LogP contribution is 2.29. The van der Waals surface area contributed by atoms with Crippen molar-refractivity contribution in [1.82, 2.24) is 0 Å². The first kappa shape index (κ1) is 15.0. The van der Waals surface area contributed by atoms with Gasteiger partial charge < -0.3 is 9.47 Å². The minimum atomic E-state index is -0.302. The fourth-order valence-corrected chi connectivity index (χ4v) is 1.62. The third-order valence-electron chi connectivity index (χ3n) is 2.53. The maximum absolute atomic E-state index is 5.93. The molecule has 1 unspecified atom stereocenters. The number of methoxy groups -OCH3 is 1. The average Bonchev–Trinajstić information content (AvgIpc) is 2.36. The topological polar surface area (TPSA) is 30.8 Å². The van der Waals surface area contributed by atoms with Gasteiger partial charge in [-0.3, -0.25) is 0 Å². The predicted octanol–water partition coefficient (Wildman–Crippen LogP) is 3.71. The van der Waals surface area contributed by atoms with E-state index in [1.807, 2.05) is 32.9 Å². The minimum absolute atomic E-state index is 0.0642. The summed E-state index contributed by atoms with van der Waals surface area (Å²) in [6.07, 6.45) is 5.70. The zero-order valence-corrected chi connectivity index (χ0v) is 12.6. The molecule has 0 spiro atoms. The highest BCUT2D eigenvalue weighted by molar-refractivity contribution is 5.88. The summed E-state index contributed by atoms with van der Waals surface area (Å²) in [4.78, 5) is 4.45. The molecule has 0 aliphatic carbocycles. The molecule has 0 saturated carbocycles. The van der Waals surface area contributed by atoms with Crippen LogP contribution in [0.4, 0.5) is 0 Å². The van der Waals surface area contributed by atoms with Gasteiger partial charge in [-0.2, -0.15) is 0 Å². The summed E-state index contributed by atoms with van der Waals surface area (Å²) in [7, 11) is 1.62. The number of ether oxygens (including phenoxy) is 2. The van der Waals surface area contributed by atoms with Crippen molar-refractivity contribution in [1.29, 1.82) is 0 Å². The van der Waals surface area contributed by atoms with Gasteiger partial charge in [0.1, 0.15) is 0 Å². The van der Waals surface area contributed by atoms with Crippen LogP contribution in [0.2, 0.25) is 0 Å². The Labute approximate surface area is 111 Å². The molecule has 3 heteroatoms. The van der Waals surface area contributed by atoms with Gasteiger partial charge in [-0.15, -0.1) is 0 Å². The highest BCUT2D eigenvalue weighted by atomic mass is 16.5. The largest absolute Gasteiger partial charge is 0.481 e. The van der Waals surface area contributed by atoms with E-state index in [-0.39, 0.29) is 17.2 Å². The molecule has 3 nitrogen and oxygen atoms in total. The summed E-state index contributed by atoms with van der Waals surface area (Å²) in [6.45, 7) is 12.6. The van der Waals surface area contributed by atoms with Crippen LogP contribution < -0.4 is 0 Å². The summed E-state index contributed by atoms with van der Waals surface area (Å²) >= 11 is 0. The summed E-state index contributed by atoms with van der Waals surface area (Å²) < 4.78 is 11.2. The first-order valence-electron chi connectivity index (χ1n) is 6.32. The van der Waals surface area contributed by atoms with Gasteiger partial charge in [0.2, 0.25) is 5.90 Å². The molecule has 0 amide bonds. The van der Waals surface area contributed by atoms with Crippen LogP contribution >= 0.6 is 0 Å². The smallest absolute Gasteiger partial charge is 0.211 e. The van der Waals surface area contributed by atoms with Gasteiger partial charge in [-0.05, 0) is 37.8 Å². The Morgan fingerprint density at radius 1 is 1.06 bits per heavy atom. The molecule has 18 heavy (non-hydrogen) atoms. The Morgan fingerprint density at radius 3 is 2.11 bits per heavy atom. The van der Waals surface area contributed by atoms with Crippen molar-refractivity contribution < 1.29 is 9.47 Å². The lowest BCUT2D eigenvalue weighted by Crippen LogP contribution is -2.26. The van der Waals surface area contributed by atoms with Gasteiger partial charge in [0.25, 0.3) is 0 Å². The van der Waals surface area contributed by atoms with Gasteiger partial charge >= 0.3 is 0 Å². The van der Waals surface area contributed by atoms with E-state index in [1.54, 1.807) is 7.11 Å². The maximum atomic E-state index is 5.93. The van der Waals surface area contributed by atoms with Gasteiger partial charge in [-0.1, -0.05) is 26.8 Å². The van der Waals surface area contributed by atoms with Crippen molar-refractivity contribution >= 4 is 5.90 Å². The van der Waals surface area contributed by atoms with Gasteiger partial charge in [0.05, 0.1) is 12.7 Å². The lowest BCUT2D eigenvalue weighted by Gasteiger charge is -2.25. The third-order valence-corrected chi connectivity index (χ3v) is 2.53. The fraction of sp³-hybridized carbons (Fsp3) is 0.667. The summed E-state index contributed by atoms with van der Waals surface area (Å²) in [5, 5.41) is 0. The molecule has 102 valence electrons. The van der Waals surface area contributed by atoms with E-state index in [1.165, 1.54) is 5.57 Å². The van der Waals surface area contributed by atoms with Crippen LogP contribution in [-0.4, -0.2) is 24.8 Å². The lowest BCUT2D eigenvalue weighted by molar-refractivity contribution is -0.0349. The number of hydrogen-bond acceptors (Lipinski definition) is 3. The predicted molar refractivity (Wildman–Crippen MR) is 75.7 cm³/mol. The van der Waals surface area contributed by atoms with Crippen LogP contribution in [0, 0.1) is 5.41 Å². The van der Waals surface area contributed by atoms with Gasteiger partial charge in [0, 0.05) is 6.08 Å². The summed E-state index contributed by atoms with van der Waals surface area (Å²) in [5.41, 5.74) is 1.03. The molecule has 0 aromatic heterocycles. The standard InChI is InChI=1S/C15H25NO2/c1-14(2,3)11-8-9-12(17-7)16-13(10-11)18-15(4,5)6/h8-10,13H,1-7H3. The molecule has 1 aliphatic rings. The molecule has 1 atom stereocenters. The van der Waals surface area contributed by atoms with Crippen molar-refractivity contribution in [2.45, 2.75) is 53.4 Å². The molecule has 0 aromatic rings. The van der Waals surface area contributed by atoms with Gasteiger partial charge in [-0.25, -0.2) is 4.99 Å². The summed E-state index contributed by atoms with van der Waals surface area (Å²) in [5.74, 6) is 0.597. The third kappa shape index (κ3) is 4.65. The van der Waals surface area contributed by atoms with E-state index in [4.69, 9.17) is 9.47 Å². The van der Waals surface area contributed by atoms with Crippen molar-refractivity contribution in [2.75, 3.05) is 7.11 Å². The zero-order chi connectivity index (χ0) is 14.0. The van der Waals surface area contributed by atoms with Crippen LogP contribution in [0.5, 0.6) is 0 Å². The molecule has 0 aromatic carbocycles. The molecule has 0 saturated heterocycles. The molecule has 1 rings (SSSR count). The molecule has 1 heterocycles. The van der Waals surface area contributed by atoms with Crippen molar-refractivity contribution in [3.8, 4) is 0 Å². The Hall–Kier alpha value is -1.09. The van der Waals surface area contributed by atoms with E-state index in [2.05, 4.69) is 31.8 Å². The second-order valence-corrected chi connectivity index (χ2v) is 6.50. The number of hydrogen-bond donors (Lipinski definition) is 0. The van der Waals surface area contributed by atoms with Crippen molar-refractivity contribution in [3.63, 3.8) is 0 Å². The summed E-state index contributed by atoms with van der Waals surface area (Å²) in [6, 6.07) is 0. The molecule has 0 bridgehead atoms. The second-order valence-electron chi connectivity index (χ2n) is 6.50. The molecular weight excluding hydrogens is 226 g/mol.